The first-order valence-corrected chi connectivity index (χ1v) is 10.2. The van der Waals surface area contributed by atoms with Crippen molar-refractivity contribution in [1.82, 2.24) is 0 Å². The van der Waals surface area contributed by atoms with Gasteiger partial charge in [-0.25, -0.2) is 24.3 Å². The summed E-state index contributed by atoms with van der Waals surface area (Å²) in [6.45, 7) is 4.45. The molecule has 0 aliphatic heterocycles. The van der Waals surface area contributed by atoms with Crippen LogP contribution < -0.4 is 0 Å². The maximum absolute atomic E-state index is 3.39. The fourth-order valence-electron chi connectivity index (χ4n) is 1.92. The summed E-state index contributed by atoms with van der Waals surface area (Å²) in [6.07, 6.45) is 7.75. The fourth-order valence-corrected chi connectivity index (χ4v) is 1.92. The van der Waals surface area contributed by atoms with Crippen LogP contribution in [-0.4, -0.2) is 4.26 Å². The standard InChI is InChI=1S/2C9H13.CH2.Hf/c2*1-2-3-6-9-7-4-5-8-9;;/h2*4-5,7-8H,2-3,6H2,1H3;1H2;/q2*-1;;+2. The van der Waals surface area contributed by atoms with Gasteiger partial charge in [0.2, 0.25) is 0 Å². The average Bonchev–Trinajstić information content (AvgIpc) is 3.19. The van der Waals surface area contributed by atoms with Crippen LogP contribution in [0.3, 0.4) is 0 Å². The molecule has 108 valence electrons. The third-order valence-electron chi connectivity index (χ3n) is 3.10. The Balaban J connectivity index is 0.000000321. The molecule has 2 aromatic rings. The first-order chi connectivity index (χ1) is 9.86. The van der Waals surface area contributed by atoms with Crippen molar-refractivity contribution in [3.8, 4) is 0 Å². The second-order valence-corrected chi connectivity index (χ2v) is 4.79. The Kier molecular flexibility index (Phi) is 14.4. The molecule has 0 heterocycles. The summed E-state index contributed by atoms with van der Waals surface area (Å²) in [7, 11) is 0. The predicted molar refractivity (Wildman–Crippen MR) is 88.4 cm³/mol. The molecule has 1 heteroatoms. The van der Waals surface area contributed by atoms with E-state index in [0.29, 0.717) is 0 Å². The molecular formula is C19H28Hf. The van der Waals surface area contributed by atoms with Gasteiger partial charge in [-0.3, -0.25) is 0 Å². The number of rotatable bonds is 6. The molecule has 0 N–H and O–H groups in total. The Hall–Kier alpha value is -0.560. The third-order valence-corrected chi connectivity index (χ3v) is 3.10. The molecule has 0 fully saturated rings. The van der Waals surface area contributed by atoms with Crippen molar-refractivity contribution in [1.29, 1.82) is 0 Å². The van der Waals surface area contributed by atoms with Crippen LogP contribution in [0.1, 0.15) is 50.7 Å². The molecule has 0 aliphatic carbocycles. The summed E-state index contributed by atoms with van der Waals surface area (Å²) in [4.78, 5) is 0. The van der Waals surface area contributed by atoms with Crippen molar-refractivity contribution in [2.45, 2.75) is 52.4 Å². The Morgan fingerprint density at radius 1 is 0.700 bits per heavy atom. The Labute approximate surface area is 140 Å². The van der Waals surface area contributed by atoms with E-state index in [1.807, 2.05) is 0 Å². The average molecular weight is 435 g/mol. The van der Waals surface area contributed by atoms with Crippen LogP contribution in [0.5, 0.6) is 0 Å². The van der Waals surface area contributed by atoms with Crippen molar-refractivity contribution in [2.24, 2.45) is 0 Å². The molecule has 0 aliphatic rings. The van der Waals surface area contributed by atoms with Gasteiger partial charge >= 0.3 is 28.2 Å². The van der Waals surface area contributed by atoms with Crippen molar-refractivity contribution in [2.75, 3.05) is 0 Å². The Morgan fingerprint density at radius 2 is 1.00 bits per heavy atom. The van der Waals surface area contributed by atoms with Gasteiger partial charge in [0.25, 0.3) is 0 Å². The second-order valence-electron chi connectivity index (χ2n) is 4.79. The summed E-state index contributed by atoms with van der Waals surface area (Å²) < 4.78 is 3.39. The Bertz CT molecular complexity index is 332. The zero-order valence-electron chi connectivity index (χ0n) is 13.1. The quantitative estimate of drug-likeness (QED) is 0.418. The van der Waals surface area contributed by atoms with Gasteiger partial charge in [0.1, 0.15) is 0 Å². The van der Waals surface area contributed by atoms with E-state index in [-0.39, 0.29) is 0 Å². The molecule has 0 spiro atoms. The van der Waals surface area contributed by atoms with Gasteiger partial charge in [0, 0.05) is 0 Å². The van der Waals surface area contributed by atoms with Crippen molar-refractivity contribution in [3.05, 3.63) is 59.7 Å². The van der Waals surface area contributed by atoms with E-state index in [2.05, 4.69) is 66.6 Å². The first kappa shape index (κ1) is 19.4. The minimum absolute atomic E-state index is 1.06. The summed E-state index contributed by atoms with van der Waals surface area (Å²) in [5.41, 5.74) is 2.97. The molecular weight excluding hydrogens is 407 g/mol. The van der Waals surface area contributed by atoms with Crippen LogP contribution in [0.4, 0.5) is 0 Å². The van der Waals surface area contributed by atoms with E-state index in [1.165, 1.54) is 49.7 Å². The van der Waals surface area contributed by atoms with E-state index in [9.17, 15) is 0 Å². The normalized spacial score (nSPS) is 9.20. The molecule has 0 nitrogen and oxygen atoms in total. The predicted octanol–water partition coefficient (Wildman–Crippen LogP) is 5.46. The van der Waals surface area contributed by atoms with Crippen LogP contribution in [0, 0.1) is 0 Å². The third kappa shape index (κ3) is 10.3. The summed E-state index contributed by atoms with van der Waals surface area (Å²) in [5, 5.41) is 0. The molecule has 0 unspecified atom stereocenters. The summed E-state index contributed by atoms with van der Waals surface area (Å²) in [6, 6.07) is 17.2. The number of aryl methyl sites for hydroxylation is 2. The summed E-state index contributed by atoms with van der Waals surface area (Å²) in [5.74, 6) is 0. The van der Waals surface area contributed by atoms with Crippen LogP contribution in [-0.2, 0) is 36.7 Å². The van der Waals surface area contributed by atoms with Crippen molar-refractivity contribution >= 4 is 4.26 Å². The van der Waals surface area contributed by atoms with E-state index >= 15 is 0 Å². The van der Waals surface area contributed by atoms with E-state index in [0.717, 1.165) is 23.9 Å². The molecule has 2 rings (SSSR count). The van der Waals surface area contributed by atoms with E-state index in [4.69, 9.17) is 0 Å². The van der Waals surface area contributed by atoms with Gasteiger partial charge in [-0.1, -0.05) is 52.4 Å². The van der Waals surface area contributed by atoms with Gasteiger partial charge in [-0.05, 0) is 0 Å². The molecule has 2 aromatic carbocycles. The number of hydrogen-bond donors (Lipinski definition) is 0. The zero-order valence-corrected chi connectivity index (χ0v) is 16.7. The molecule has 0 aromatic heterocycles. The van der Waals surface area contributed by atoms with Gasteiger partial charge in [-0.2, -0.15) is 35.4 Å². The van der Waals surface area contributed by atoms with Crippen LogP contribution in [0.15, 0.2) is 48.5 Å². The molecule has 0 atom stereocenters. The molecule has 0 bridgehead atoms. The topological polar surface area (TPSA) is 0 Å². The van der Waals surface area contributed by atoms with Gasteiger partial charge in [0.15, 0.2) is 0 Å². The zero-order chi connectivity index (χ0) is 15.1. The number of unbranched alkanes of at least 4 members (excludes halogenated alkanes) is 2. The molecule has 20 heavy (non-hydrogen) atoms. The maximum atomic E-state index is 3.39. The van der Waals surface area contributed by atoms with Crippen molar-refractivity contribution in [3.63, 3.8) is 0 Å². The van der Waals surface area contributed by atoms with E-state index < -0.39 is 0 Å². The molecule has 0 amide bonds. The fraction of sp³-hybridized carbons (Fsp3) is 0.421. The molecule has 0 saturated carbocycles. The second kappa shape index (κ2) is 14.8. The van der Waals surface area contributed by atoms with Crippen LogP contribution in [0.25, 0.3) is 0 Å². The number of hydrogen-bond acceptors (Lipinski definition) is 0. The van der Waals surface area contributed by atoms with Crippen molar-refractivity contribution < 1.29 is 23.9 Å². The Morgan fingerprint density at radius 3 is 1.25 bits per heavy atom. The molecule has 0 radical (unpaired) electrons. The SMILES string of the molecule is CCCC[c-]1cccc1.CCCC[c-]1cccc1.[CH2]=[Hf+2]. The van der Waals surface area contributed by atoms with Gasteiger partial charge in [-0.15, -0.1) is 0 Å². The first-order valence-electron chi connectivity index (χ1n) is 7.63. The van der Waals surface area contributed by atoms with Crippen LogP contribution in [0.2, 0.25) is 0 Å². The minimum atomic E-state index is 1.06. The monoisotopic (exact) mass is 436 g/mol. The van der Waals surface area contributed by atoms with Crippen LogP contribution >= 0.6 is 0 Å². The van der Waals surface area contributed by atoms with E-state index in [1.54, 1.807) is 0 Å². The van der Waals surface area contributed by atoms with Gasteiger partial charge < -0.3 is 0 Å². The van der Waals surface area contributed by atoms with Gasteiger partial charge in [0.05, 0.1) is 0 Å². The summed E-state index contributed by atoms with van der Waals surface area (Å²) >= 11 is 1.06. The molecule has 0 saturated heterocycles.